The Morgan fingerprint density at radius 3 is 2.55 bits per heavy atom. The fraction of sp³-hybridized carbons (Fsp3) is 0.312. The summed E-state index contributed by atoms with van der Waals surface area (Å²) in [4.78, 5) is 4.20. The van der Waals surface area contributed by atoms with Crippen LogP contribution in [0.3, 0.4) is 0 Å². The van der Waals surface area contributed by atoms with E-state index in [0.29, 0.717) is 17.9 Å². The van der Waals surface area contributed by atoms with Crippen LogP contribution in [0.25, 0.3) is 0 Å². The smallest absolute Gasteiger partial charge is 0.145 e. The molecule has 1 N–H and O–H groups in total. The van der Waals surface area contributed by atoms with Crippen molar-refractivity contribution in [3.8, 4) is 11.5 Å². The third kappa shape index (κ3) is 3.50. The van der Waals surface area contributed by atoms with Gasteiger partial charge in [-0.05, 0) is 48.7 Å². The van der Waals surface area contributed by atoms with Gasteiger partial charge in [0.05, 0.1) is 18.0 Å². The number of benzene rings is 1. The number of aryl methyl sites for hydroxylation is 1. The fourth-order valence-corrected chi connectivity index (χ4v) is 2.13. The molecule has 106 valence electrons. The number of ether oxygens (including phenoxy) is 1. The first-order valence-corrected chi connectivity index (χ1v) is 7.12. The van der Waals surface area contributed by atoms with Crippen molar-refractivity contribution in [2.45, 2.75) is 32.8 Å². The fourth-order valence-electron chi connectivity index (χ4n) is 1.88. The van der Waals surface area contributed by atoms with Gasteiger partial charge >= 0.3 is 0 Å². The molecule has 1 aromatic carbocycles. The van der Waals surface area contributed by atoms with E-state index in [1.807, 2.05) is 32.0 Å². The maximum atomic E-state index is 9.69. The van der Waals surface area contributed by atoms with Crippen molar-refractivity contribution in [3.05, 3.63) is 52.8 Å². The van der Waals surface area contributed by atoms with Crippen LogP contribution in [0.4, 0.5) is 0 Å². The van der Waals surface area contributed by atoms with E-state index in [0.717, 1.165) is 22.8 Å². The first-order chi connectivity index (χ1) is 9.63. The number of hydrogen-bond acceptors (Lipinski definition) is 3. The average molecular weight is 292 g/mol. The molecule has 4 heteroatoms. The van der Waals surface area contributed by atoms with Crippen LogP contribution in [0.2, 0.25) is 5.02 Å². The van der Waals surface area contributed by atoms with Crippen LogP contribution in [0.1, 0.15) is 37.6 Å². The molecule has 1 aromatic heterocycles. The summed E-state index contributed by atoms with van der Waals surface area (Å²) < 4.78 is 5.74. The number of aromatic nitrogens is 1. The third-order valence-corrected chi connectivity index (χ3v) is 3.49. The molecular weight excluding hydrogens is 274 g/mol. The SMILES string of the molecule is CCc1cc(Oc2ccc([C@H](O)CC)nc2)ccc1Cl. The molecule has 1 heterocycles. The van der Waals surface area contributed by atoms with Crippen LogP contribution in [0.15, 0.2) is 36.5 Å². The van der Waals surface area contributed by atoms with Crippen LogP contribution < -0.4 is 4.74 Å². The summed E-state index contributed by atoms with van der Waals surface area (Å²) >= 11 is 6.08. The van der Waals surface area contributed by atoms with Gasteiger partial charge in [-0.1, -0.05) is 25.4 Å². The number of nitrogens with zero attached hydrogens (tertiary/aromatic N) is 1. The predicted octanol–water partition coefficient (Wildman–Crippen LogP) is 4.53. The lowest BCUT2D eigenvalue weighted by molar-refractivity contribution is 0.169. The zero-order valence-corrected chi connectivity index (χ0v) is 12.4. The van der Waals surface area contributed by atoms with Gasteiger partial charge in [-0.2, -0.15) is 0 Å². The standard InChI is InChI=1S/C16H18ClNO2/c1-3-11-9-12(5-7-14(11)17)20-13-6-8-15(18-10-13)16(19)4-2/h5-10,16,19H,3-4H2,1-2H3/t16-/m1/s1. The van der Waals surface area contributed by atoms with E-state index in [4.69, 9.17) is 16.3 Å². The lowest BCUT2D eigenvalue weighted by Crippen LogP contribution is -1.98. The van der Waals surface area contributed by atoms with Crippen LogP contribution in [0, 0.1) is 0 Å². The van der Waals surface area contributed by atoms with E-state index in [1.54, 1.807) is 18.3 Å². The van der Waals surface area contributed by atoms with E-state index in [-0.39, 0.29) is 0 Å². The summed E-state index contributed by atoms with van der Waals surface area (Å²) in [6.07, 6.45) is 2.60. The first kappa shape index (κ1) is 14.8. The van der Waals surface area contributed by atoms with Crippen molar-refractivity contribution in [2.24, 2.45) is 0 Å². The lowest BCUT2D eigenvalue weighted by Gasteiger charge is -2.10. The number of hydrogen-bond donors (Lipinski definition) is 1. The van der Waals surface area contributed by atoms with E-state index in [2.05, 4.69) is 4.98 Å². The Labute approximate surface area is 124 Å². The second-order valence-electron chi connectivity index (χ2n) is 4.55. The monoisotopic (exact) mass is 291 g/mol. The molecule has 0 radical (unpaired) electrons. The van der Waals surface area contributed by atoms with E-state index in [9.17, 15) is 5.11 Å². The van der Waals surface area contributed by atoms with Crippen molar-refractivity contribution < 1.29 is 9.84 Å². The van der Waals surface area contributed by atoms with Gasteiger partial charge in [0.25, 0.3) is 0 Å². The summed E-state index contributed by atoms with van der Waals surface area (Å²) in [6.45, 7) is 3.96. The predicted molar refractivity (Wildman–Crippen MR) is 80.4 cm³/mol. The minimum atomic E-state index is -0.522. The summed E-state index contributed by atoms with van der Waals surface area (Å²) in [7, 11) is 0. The van der Waals surface area contributed by atoms with Gasteiger partial charge in [0.15, 0.2) is 0 Å². The molecule has 1 atom stereocenters. The first-order valence-electron chi connectivity index (χ1n) is 6.74. The normalized spacial score (nSPS) is 12.2. The number of aliphatic hydroxyl groups is 1. The molecule has 0 saturated carbocycles. The topological polar surface area (TPSA) is 42.4 Å². The summed E-state index contributed by atoms with van der Waals surface area (Å²) in [6, 6.07) is 9.17. The van der Waals surface area contributed by atoms with Gasteiger partial charge in [0, 0.05) is 5.02 Å². The molecule has 0 aliphatic rings. The molecule has 2 aromatic rings. The summed E-state index contributed by atoms with van der Waals surface area (Å²) in [5.74, 6) is 1.37. The van der Waals surface area contributed by atoms with E-state index >= 15 is 0 Å². The zero-order chi connectivity index (χ0) is 14.5. The maximum Gasteiger partial charge on any atom is 0.145 e. The Balaban J connectivity index is 2.14. The minimum absolute atomic E-state index is 0.522. The second-order valence-corrected chi connectivity index (χ2v) is 4.96. The van der Waals surface area contributed by atoms with E-state index < -0.39 is 6.10 Å². The van der Waals surface area contributed by atoms with Gasteiger partial charge in [-0.3, -0.25) is 4.98 Å². The van der Waals surface area contributed by atoms with Gasteiger partial charge in [0.1, 0.15) is 11.5 Å². The van der Waals surface area contributed by atoms with Gasteiger partial charge in [0.2, 0.25) is 0 Å². The highest BCUT2D eigenvalue weighted by atomic mass is 35.5. The van der Waals surface area contributed by atoms with E-state index in [1.165, 1.54) is 0 Å². The maximum absolute atomic E-state index is 9.69. The van der Waals surface area contributed by atoms with Crippen molar-refractivity contribution in [1.29, 1.82) is 0 Å². The van der Waals surface area contributed by atoms with Gasteiger partial charge in [-0.15, -0.1) is 0 Å². The molecule has 0 unspecified atom stereocenters. The Hall–Kier alpha value is -1.58. The number of pyridine rings is 1. The molecule has 0 spiro atoms. The van der Waals surface area contributed by atoms with Gasteiger partial charge in [-0.25, -0.2) is 0 Å². The highest BCUT2D eigenvalue weighted by Crippen LogP contribution is 2.27. The molecule has 0 aliphatic heterocycles. The Morgan fingerprint density at radius 1 is 1.20 bits per heavy atom. The number of rotatable bonds is 5. The number of aliphatic hydroxyl groups excluding tert-OH is 1. The molecular formula is C16H18ClNO2. The summed E-state index contributed by atoms with van der Waals surface area (Å²) in [5.41, 5.74) is 1.71. The highest BCUT2D eigenvalue weighted by molar-refractivity contribution is 6.31. The van der Waals surface area contributed by atoms with Crippen LogP contribution in [0.5, 0.6) is 11.5 Å². The van der Waals surface area contributed by atoms with Crippen LogP contribution in [-0.2, 0) is 6.42 Å². The van der Waals surface area contributed by atoms with Gasteiger partial charge < -0.3 is 9.84 Å². The lowest BCUT2D eigenvalue weighted by atomic mass is 10.1. The van der Waals surface area contributed by atoms with Crippen molar-refractivity contribution in [2.75, 3.05) is 0 Å². The van der Waals surface area contributed by atoms with Crippen molar-refractivity contribution in [3.63, 3.8) is 0 Å². The van der Waals surface area contributed by atoms with Crippen molar-refractivity contribution in [1.82, 2.24) is 4.98 Å². The summed E-state index contributed by atoms with van der Waals surface area (Å²) in [5, 5.41) is 10.4. The third-order valence-electron chi connectivity index (χ3n) is 3.12. The molecule has 2 rings (SSSR count). The van der Waals surface area contributed by atoms with Crippen LogP contribution >= 0.6 is 11.6 Å². The Bertz CT molecular complexity index is 569. The molecule has 0 bridgehead atoms. The largest absolute Gasteiger partial charge is 0.456 e. The van der Waals surface area contributed by atoms with Crippen molar-refractivity contribution >= 4 is 11.6 Å². The molecule has 0 fully saturated rings. The molecule has 20 heavy (non-hydrogen) atoms. The number of halogens is 1. The van der Waals surface area contributed by atoms with Crippen LogP contribution in [-0.4, -0.2) is 10.1 Å². The molecule has 3 nitrogen and oxygen atoms in total. The Morgan fingerprint density at radius 2 is 1.95 bits per heavy atom. The zero-order valence-electron chi connectivity index (χ0n) is 11.6. The molecule has 0 amide bonds. The molecule has 0 aliphatic carbocycles. The second kappa shape index (κ2) is 6.73. The molecule has 0 saturated heterocycles. The quantitative estimate of drug-likeness (QED) is 0.880. The average Bonchev–Trinajstić information content (AvgIpc) is 2.49. The minimum Gasteiger partial charge on any atom is -0.456 e. The Kier molecular flexibility index (Phi) is 4.99. The highest BCUT2D eigenvalue weighted by Gasteiger charge is 2.07.